The maximum Gasteiger partial charge on any atom is 0.270 e. The van der Waals surface area contributed by atoms with Crippen molar-refractivity contribution >= 4 is 22.9 Å². The number of anilines is 2. The van der Waals surface area contributed by atoms with Crippen molar-refractivity contribution in [2.75, 3.05) is 50.2 Å². The van der Waals surface area contributed by atoms with Gasteiger partial charge in [0.2, 0.25) is 0 Å². The number of ether oxygens (including phenoxy) is 2. The van der Waals surface area contributed by atoms with Crippen LogP contribution < -0.4 is 24.6 Å². The summed E-state index contributed by atoms with van der Waals surface area (Å²) >= 11 is 0. The number of benzene rings is 2. The van der Waals surface area contributed by atoms with Crippen LogP contribution in [0.4, 0.5) is 11.4 Å². The first-order valence-corrected chi connectivity index (χ1v) is 12.7. The fourth-order valence-electron chi connectivity index (χ4n) is 4.84. The monoisotopic (exact) mass is 499 g/mol. The number of aryl methyl sites for hydroxylation is 1. The molecule has 37 heavy (non-hydrogen) atoms. The molecule has 1 aliphatic heterocycles. The molecule has 5 rings (SSSR count). The zero-order chi connectivity index (χ0) is 25.8. The Balaban J connectivity index is 1.19. The van der Waals surface area contributed by atoms with Crippen LogP contribution in [0.15, 0.2) is 66.9 Å². The van der Waals surface area contributed by atoms with Crippen LogP contribution in [0.25, 0.3) is 5.65 Å². The van der Waals surface area contributed by atoms with Gasteiger partial charge in [-0.15, -0.1) is 0 Å². The van der Waals surface area contributed by atoms with Gasteiger partial charge in [0.1, 0.15) is 11.4 Å². The van der Waals surface area contributed by atoms with E-state index in [0.29, 0.717) is 30.1 Å². The molecule has 4 aromatic rings. The predicted molar refractivity (Wildman–Crippen MR) is 146 cm³/mol. The van der Waals surface area contributed by atoms with Gasteiger partial charge in [-0.25, -0.2) is 4.98 Å². The summed E-state index contributed by atoms with van der Waals surface area (Å²) in [5.41, 5.74) is 5.45. The predicted octanol–water partition coefficient (Wildman–Crippen LogP) is 4.17. The lowest BCUT2D eigenvalue weighted by Crippen LogP contribution is -2.46. The zero-order valence-electron chi connectivity index (χ0n) is 21.6. The summed E-state index contributed by atoms with van der Waals surface area (Å²) in [4.78, 5) is 22.6. The Bertz CT molecular complexity index is 1360. The highest BCUT2D eigenvalue weighted by molar-refractivity contribution is 5.95. The van der Waals surface area contributed by atoms with E-state index < -0.39 is 0 Å². The Morgan fingerprint density at radius 3 is 2.08 bits per heavy atom. The van der Waals surface area contributed by atoms with Crippen LogP contribution in [0.1, 0.15) is 28.7 Å². The van der Waals surface area contributed by atoms with Crippen molar-refractivity contribution in [1.82, 2.24) is 14.7 Å². The van der Waals surface area contributed by atoms with Crippen molar-refractivity contribution in [3.8, 4) is 11.5 Å². The van der Waals surface area contributed by atoms with Gasteiger partial charge in [0.15, 0.2) is 11.4 Å². The Labute approximate surface area is 217 Å². The van der Waals surface area contributed by atoms with Gasteiger partial charge in [-0.05, 0) is 60.5 Å². The minimum atomic E-state index is -0.142. The van der Waals surface area contributed by atoms with E-state index in [0.717, 1.165) is 43.2 Å². The second-order valence-electron chi connectivity index (χ2n) is 9.05. The first kappa shape index (κ1) is 24.5. The molecule has 1 saturated heterocycles. The molecular formula is C29H33N5O3. The van der Waals surface area contributed by atoms with Crippen molar-refractivity contribution in [3.63, 3.8) is 0 Å². The van der Waals surface area contributed by atoms with Gasteiger partial charge >= 0.3 is 0 Å². The molecule has 1 amide bonds. The molecule has 2 aromatic heterocycles. The highest BCUT2D eigenvalue weighted by Gasteiger charge is 2.20. The Kier molecular flexibility index (Phi) is 7.16. The number of amides is 1. The van der Waals surface area contributed by atoms with Gasteiger partial charge in [-0.1, -0.05) is 19.1 Å². The third kappa shape index (κ3) is 5.05. The molecule has 0 aliphatic carbocycles. The molecule has 8 nitrogen and oxygen atoms in total. The minimum Gasteiger partial charge on any atom is -0.497 e. The summed E-state index contributed by atoms with van der Waals surface area (Å²) in [6, 6.07) is 20.4. The average Bonchev–Trinajstić information content (AvgIpc) is 3.35. The maximum atomic E-state index is 13.1. The van der Waals surface area contributed by atoms with Gasteiger partial charge in [-0.2, -0.15) is 0 Å². The number of nitrogens with one attached hydrogen (secondary N) is 1. The summed E-state index contributed by atoms with van der Waals surface area (Å²) in [5, 5.41) is 3.07. The number of hydrogen-bond acceptors (Lipinski definition) is 6. The van der Waals surface area contributed by atoms with Crippen molar-refractivity contribution < 1.29 is 14.3 Å². The fourth-order valence-corrected chi connectivity index (χ4v) is 4.84. The highest BCUT2D eigenvalue weighted by Crippen LogP contribution is 2.24. The second-order valence-corrected chi connectivity index (χ2v) is 9.05. The van der Waals surface area contributed by atoms with E-state index in [2.05, 4.69) is 56.5 Å². The van der Waals surface area contributed by atoms with E-state index in [9.17, 15) is 4.79 Å². The summed E-state index contributed by atoms with van der Waals surface area (Å²) < 4.78 is 12.5. The van der Waals surface area contributed by atoms with Crippen LogP contribution in [0, 0.1) is 0 Å². The van der Waals surface area contributed by atoms with Crippen LogP contribution in [-0.4, -0.2) is 55.7 Å². The number of aromatic nitrogens is 2. The molecule has 1 fully saturated rings. The first-order valence-electron chi connectivity index (χ1n) is 12.7. The van der Waals surface area contributed by atoms with Crippen LogP contribution in [0.2, 0.25) is 0 Å². The van der Waals surface area contributed by atoms with Gasteiger partial charge in [0.25, 0.3) is 5.91 Å². The summed E-state index contributed by atoms with van der Waals surface area (Å²) in [6.07, 6.45) is 2.51. The number of nitrogens with zero attached hydrogens (tertiary/aromatic N) is 4. The van der Waals surface area contributed by atoms with Crippen molar-refractivity contribution in [2.45, 2.75) is 19.9 Å². The van der Waals surface area contributed by atoms with Crippen molar-refractivity contribution in [2.24, 2.45) is 0 Å². The van der Waals surface area contributed by atoms with Crippen LogP contribution in [-0.2, 0) is 13.0 Å². The Morgan fingerprint density at radius 1 is 0.892 bits per heavy atom. The molecule has 0 saturated carbocycles. The number of fused-ring (bicyclic) bond motifs is 1. The van der Waals surface area contributed by atoms with Gasteiger partial charge in [0.05, 0.1) is 19.9 Å². The molecular weight excluding hydrogens is 466 g/mol. The Morgan fingerprint density at radius 2 is 1.51 bits per heavy atom. The molecule has 2 aromatic carbocycles. The van der Waals surface area contributed by atoms with Crippen LogP contribution >= 0.6 is 0 Å². The third-order valence-corrected chi connectivity index (χ3v) is 6.93. The number of hydrogen-bond donors (Lipinski definition) is 1. The molecule has 3 heterocycles. The number of piperazine rings is 1. The third-order valence-electron chi connectivity index (χ3n) is 6.93. The number of methoxy groups -OCH3 is 2. The SMILES string of the molecule is CCc1nc2c(OC)cccn2c1C(=O)NCc1ccc(N2CCN(c3ccc(OC)cc3)CC2)cc1. The van der Waals surface area contributed by atoms with E-state index in [1.165, 1.54) is 11.4 Å². The number of imidazole rings is 1. The molecule has 0 unspecified atom stereocenters. The lowest BCUT2D eigenvalue weighted by Gasteiger charge is -2.37. The number of pyridine rings is 1. The lowest BCUT2D eigenvalue weighted by molar-refractivity contribution is 0.0944. The van der Waals surface area contributed by atoms with Crippen LogP contribution in [0.5, 0.6) is 11.5 Å². The molecule has 0 atom stereocenters. The van der Waals surface area contributed by atoms with Crippen molar-refractivity contribution in [3.05, 3.63) is 83.8 Å². The topological polar surface area (TPSA) is 71.3 Å². The Hall–Kier alpha value is -4.20. The fraction of sp³-hybridized carbons (Fsp3) is 0.310. The molecule has 1 aliphatic rings. The zero-order valence-corrected chi connectivity index (χ0v) is 21.6. The van der Waals surface area contributed by atoms with E-state index in [1.54, 1.807) is 14.2 Å². The second kappa shape index (κ2) is 10.8. The lowest BCUT2D eigenvalue weighted by atomic mass is 10.1. The average molecular weight is 500 g/mol. The van der Waals surface area contributed by atoms with Crippen LogP contribution in [0.3, 0.4) is 0 Å². The first-order chi connectivity index (χ1) is 18.1. The van der Waals surface area contributed by atoms with E-state index in [1.807, 2.05) is 41.8 Å². The largest absolute Gasteiger partial charge is 0.497 e. The van der Waals surface area contributed by atoms with E-state index in [-0.39, 0.29) is 5.91 Å². The van der Waals surface area contributed by atoms with Gasteiger partial charge in [0, 0.05) is 50.3 Å². The summed E-state index contributed by atoms with van der Waals surface area (Å²) in [6.45, 7) is 6.30. The molecule has 0 radical (unpaired) electrons. The molecule has 8 heteroatoms. The molecule has 0 spiro atoms. The van der Waals surface area contributed by atoms with E-state index >= 15 is 0 Å². The van der Waals surface area contributed by atoms with Gasteiger partial charge in [-0.3, -0.25) is 9.20 Å². The number of carbonyl (C=O) groups excluding carboxylic acids is 1. The highest BCUT2D eigenvalue weighted by atomic mass is 16.5. The summed E-state index contributed by atoms with van der Waals surface area (Å²) in [7, 11) is 3.30. The standard InChI is InChI=1S/C29H33N5O3/c1-4-25-27(34-15-5-6-26(37-3)28(34)31-25)29(35)30-20-21-7-9-22(10-8-21)32-16-18-33(19-17-32)23-11-13-24(36-2)14-12-23/h5-15H,4,16-20H2,1-3H3,(H,30,35). The molecule has 0 bridgehead atoms. The quantitative estimate of drug-likeness (QED) is 0.392. The van der Waals surface area contributed by atoms with E-state index in [4.69, 9.17) is 9.47 Å². The number of rotatable bonds is 8. The normalized spacial score (nSPS) is 13.6. The van der Waals surface area contributed by atoms with Crippen molar-refractivity contribution in [1.29, 1.82) is 0 Å². The number of carbonyl (C=O) groups is 1. The summed E-state index contributed by atoms with van der Waals surface area (Å²) in [5.74, 6) is 1.39. The minimum absolute atomic E-state index is 0.142. The van der Waals surface area contributed by atoms with Gasteiger partial charge < -0.3 is 24.6 Å². The maximum absolute atomic E-state index is 13.1. The molecule has 192 valence electrons. The molecule has 1 N–H and O–H groups in total. The smallest absolute Gasteiger partial charge is 0.270 e.